The summed E-state index contributed by atoms with van der Waals surface area (Å²) >= 11 is 0. The molecular weight excluding hydrogens is 372 g/mol. The minimum Gasteiger partial charge on any atom is -0.508 e. The van der Waals surface area contributed by atoms with Crippen LogP contribution in [0, 0.1) is 0 Å². The fourth-order valence-corrected chi connectivity index (χ4v) is 3.45. The molecule has 152 valence electrons. The van der Waals surface area contributed by atoms with Crippen molar-refractivity contribution in [3.8, 4) is 17.2 Å². The van der Waals surface area contributed by atoms with Crippen molar-refractivity contribution in [1.82, 2.24) is 0 Å². The molecule has 0 amide bonds. The minimum absolute atomic E-state index is 0.0760. The highest BCUT2D eigenvalue weighted by Crippen LogP contribution is 2.33. The Morgan fingerprint density at radius 1 is 0.517 bits per heavy atom. The SMILES string of the molecule is OCc1cc(CO)c(O)c(Cc2cc(Cc3ccccc3O)cc(CO)c2O)c1. The average molecular weight is 396 g/mol. The lowest BCUT2D eigenvalue weighted by molar-refractivity contribution is 0.270. The predicted octanol–water partition coefficient (Wildman–Crippen LogP) is 2.46. The van der Waals surface area contributed by atoms with Crippen molar-refractivity contribution in [1.29, 1.82) is 0 Å². The van der Waals surface area contributed by atoms with E-state index >= 15 is 0 Å². The van der Waals surface area contributed by atoms with Crippen LogP contribution in [0.4, 0.5) is 0 Å². The molecule has 0 saturated carbocycles. The minimum atomic E-state index is -0.381. The van der Waals surface area contributed by atoms with Gasteiger partial charge in [0, 0.05) is 24.0 Å². The van der Waals surface area contributed by atoms with Gasteiger partial charge in [-0.3, -0.25) is 0 Å². The predicted molar refractivity (Wildman–Crippen MR) is 108 cm³/mol. The zero-order valence-corrected chi connectivity index (χ0v) is 15.8. The molecule has 0 aromatic heterocycles. The largest absolute Gasteiger partial charge is 0.508 e. The van der Waals surface area contributed by atoms with E-state index in [1.807, 2.05) is 6.07 Å². The van der Waals surface area contributed by atoms with E-state index in [9.17, 15) is 30.6 Å². The smallest absolute Gasteiger partial charge is 0.124 e. The van der Waals surface area contributed by atoms with Crippen molar-refractivity contribution in [2.45, 2.75) is 32.7 Å². The Balaban J connectivity index is 2.02. The maximum atomic E-state index is 10.5. The van der Waals surface area contributed by atoms with Crippen LogP contribution in [-0.4, -0.2) is 30.6 Å². The van der Waals surface area contributed by atoms with Gasteiger partial charge in [-0.1, -0.05) is 24.3 Å². The third kappa shape index (κ3) is 4.51. The van der Waals surface area contributed by atoms with Gasteiger partial charge in [0.05, 0.1) is 19.8 Å². The van der Waals surface area contributed by atoms with E-state index in [0.29, 0.717) is 39.8 Å². The number of phenolic OH excluding ortho intramolecular Hbond substituents is 1. The summed E-state index contributed by atoms with van der Waals surface area (Å²) in [5.41, 5.74) is 3.58. The van der Waals surface area contributed by atoms with Gasteiger partial charge in [-0.2, -0.15) is 0 Å². The van der Waals surface area contributed by atoms with Crippen LogP contribution >= 0.6 is 0 Å². The number of aliphatic hydroxyl groups is 3. The van der Waals surface area contributed by atoms with Gasteiger partial charge in [0.15, 0.2) is 0 Å². The summed E-state index contributed by atoms with van der Waals surface area (Å²) in [5.74, 6) is -0.0119. The summed E-state index contributed by atoms with van der Waals surface area (Å²) in [7, 11) is 0. The van der Waals surface area contributed by atoms with Crippen LogP contribution in [0.25, 0.3) is 0 Å². The van der Waals surface area contributed by atoms with Crippen LogP contribution in [0.2, 0.25) is 0 Å². The summed E-state index contributed by atoms with van der Waals surface area (Å²) < 4.78 is 0. The fraction of sp³-hybridized carbons (Fsp3) is 0.217. The Hall–Kier alpha value is -3.06. The standard InChI is InChI=1S/C23H24O6/c24-11-15-8-18(23(29)20(9-15)13-26)10-17-6-14(7-19(12-25)22(17)28)5-16-3-1-2-4-21(16)27/h1-4,6-9,24-29H,5,10-13H2. The quantitative estimate of drug-likeness (QED) is 0.365. The van der Waals surface area contributed by atoms with Crippen molar-refractivity contribution in [3.05, 3.63) is 87.5 Å². The number of phenols is 3. The molecule has 0 bridgehead atoms. The number of para-hydroxylation sites is 1. The van der Waals surface area contributed by atoms with Gasteiger partial charge < -0.3 is 30.6 Å². The molecule has 3 rings (SSSR count). The molecule has 0 spiro atoms. The number of hydrogen-bond acceptors (Lipinski definition) is 6. The first-order valence-electron chi connectivity index (χ1n) is 9.23. The Labute approximate surface area is 168 Å². The van der Waals surface area contributed by atoms with Crippen molar-refractivity contribution in [3.63, 3.8) is 0 Å². The average Bonchev–Trinajstić information content (AvgIpc) is 2.73. The highest BCUT2D eigenvalue weighted by Gasteiger charge is 2.15. The first-order chi connectivity index (χ1) is 14.0. The maximum absolute atomic E-state index is 10.5. The van der Waals surface area contributed by atoms with Crippen LogP contribution in [0.15, 0.2) is 48.5 Å². The highest BCUT2D eigenvalue weighted by molar-refractivity contribution is 5.51. The van der Waals surface area contributed by atoms with Crippen molar-refractivity contribution in [2.24, 2.45) is 0 Å². The summed E-state index contributed by atoms with van der Waals surface area (Å²) in [4.78, 5) is 0. The Kier molecular flexibility index (Phi) is 6.39. The van der Waals surface area contributed by atoms with Gasteiger partial charge in [-0.25, -0.2) is 0 Å². The summed E-state index contributed by atoms with van der Waals surface area (Å²) in [6, 6.07) is 13.5. The molecule has 6 nitrogen and oxygen atoms in total. The molecule has 3 aromatic rings. The lowest BCUT2D eigenvalue weighted by Gasteiger charge is -2.15. The second kappa shape index (κ2) is 8.96. The van der Waals surface area contributed by atoms with Crippen molar-refractivity contribution in [2.75, 3.05) is 0 Å². The number of aromatic hydroxyl groups is 3. The van der Waals surface area contributed by atoms with Crippen LogP contribution in [-0.2, 0) is 32.7 Å². The number of benzene rings is 3. The molecule has 6 N–H and O–H groups in total. The zero-order valence-electron chi connectivity index (χ0n) is 15.8. The monoisotopic (exact) mass is 396 g/mol. The van der Waals surface area contributed by atoms with E-state index in [-0.39, 0.29) is 43.5 Å². The second-order valence-electron chi connectivity index (χ2n) is 6.98. The molecule has 3 aromatic carbocycles. The third-order valence-electron chi connectivity index (χ3n) is 4.95. The molecule has 0 aliphatic carbocycles. The van der Waals surface area contributed by atoms with E-state index in [2.05, 4.69) is 0 Å². The van der Waals surface area contributed by atoms with Gasteiger partial charge in [0.2, 0.25) is 0 Å². The van der Waals surface area contributed by atoms with Crippen LogP contribution in [0.3, 0.4) is 0 Å². The molecule has 0 heterocycles. The molecule has 0 aliphatic rings. The molecule has 6 heteroatoms. The lowest BCUT2D eigenvalue weighted by atomic mass is 9.93. The van der Waals surface area contributed by atoms with Crippen LogP contribution in [0.5, 0.6) is 17.2 Å². The van der Waals surface area contributed by atoms with Gasteiger partial charge >= 0.3 is 0 Å². The van der Waals surface area contributed by atoms with Gasteiger partial charge in [0.25, 0.3) is 0 Å². The van der Waals surface area contributed by atoms with Crippen LogP contribution < -0.4 is 0 Å². The van der Waals surface area contributed by atoms with E-state index in [0.717, 1.165) is 5.56 Å². The Morgan fingerprint density at radius 2 is 1.03 bits per heavy atom. The fourth-order valence-electron chi connectivity index (χ4n) is 3.45. The van der Waals surface area contributed by atoms with E-state index in [4.69, 9.17) is 0 Å². The molecule has 29 heavy (non-hydrogen) atoms. The first-order valence-corrected chi connectivity index (χ1v) is 9.23. The maximum Gasteiger partial charge on any atom is 0.124 e. The van der Waals surface area contributed by atoms with Gasteiger partial charge in [0.1, 0.15) is 17.2 Å². The number of rotatable bonds is 7. The van der Waals surface area contributed by atoms with Gasteiger partial charge in [-0.15, -0.1) is 0 Å². The third-order valence-corrected chi connectivity index (χ3v) is 4.95. The molecule has 0 atom stereocenters. The molecular formula is C23H24O6. The summed E-state index contributed by atoms with van der Waals surface area (Å²) in [5, 5.41) is 59.5. The highest BCUT2D eigenvalue weighted by atomic mass is 16.3. The molecule has 0 radical (unpaired) electrons. The molecule has 0 unspecified atom stereocenters. The number of hydrogen-bond donors (Lipinski definition) is 6. The molecule has 0 saturated heterocycles. The summed E-state index contributed by atoms with van der Waals surface area (Å²) in [6.45, 7) is -0.993. The van der Waals surface area contributed by atoms with E-state index in [1.165, 1.54) is 6.07 Å². The topological polar surface area (TPSA) is 121 Å². The van der Waals surface area contributed by atoms with Crippen LogP contribution in [0.1, 0.15) is 38.9 Å². The normalized spacial score (nSPS) is 11.0. The summed E-state index contributed by atoms with van der Waals surface area (Å²) in [6.07, 6.45) is 0.539. The number of aliphatic hydroxyl groups excluding tert-OH is 3. The molecule has 0 aliphatic heterocycles. The van der Waals surface area contributed by atoms with Gasteiger partial charge in [-0.05, 0) is 52.1 Å². The van der Waals surface area contributed by atoms with Crippen molar-refractivity contribution >= 4 is 0 Å². The first kappa shape index (κ1) is 20.7. The lowest BCUT2D eigenvalue weighted by Crippen LogP contribution is -2.00. The second-order valence-corrected chi connectivity index (χ2v) is 6.98. The van der Waals surface area contributed by atoms with E-state index in [1.54, 1.807) is 36.4 Å². The Morgan fingerprint density at radius 3 is 1.59 bits per heavy atom. The molecule has 0 fully saturated rings. The Bertz CT molecular complexity index is 1010. The van der Waals surface area contributed by atoms with E-state index < -0.39 is 0 Å². The van der Waals surface area contributed by atoms with Crippen molar-refractivity contribution < 1.29 is 30.6 Å². The zero-order chi connectivity index (χ0) is 21.0.